The van der Waals surface area contributed by atoms with Gasteiger partial charge in [-0.25, -0.2) is 4.79 Å². The van der Waals surface area contributed by atoms with Crippen molar-refractivity contribution in [3.05, 3.63) is 29.3 Å². The van der Waals surface area contributed by atoms with Crippen LogP contribution in [-0.2, 0) is 16.6 Å². The predicted molar refractivity (Wildman–Crippen MR) is 108 cm³/mol. The molecule has 29 heavy (non-hydrogen) atoms. The molecule has 2 saturated heterocycles. The molecule has 6 rings (SSSR count). The van der Waals surface area contributed by atoms with Crippen molar-refractivity contribution in [3.63, 3.8) is 0 Å². The summed E-state index contributed by atoms with van der Waals surface area (Å²) in [6.07, 6.45) is 7.27. The Bertz CT molecular complexity index is 913. The summed E-state index contributed by atoms with van der Waals surface area (Å²) in [5.74, 6) is 1.63. The molecular weight excluding hydrogens is 366 g/mol. The van der Waals surface area contributed by atoms with Crippen LogP contribution in [-0.4, -0.2) is 49.1 Å². The number of carbonyl (C=O) groups excluding carboxylic acids is 2. The van der Waals surface area contributed by atoms with Crippen LogP contribution >= 0.6 is 0 Å². The summed E-state index contributed by atoms with van der Waals surface area (Å²) in [4.78, 5) is 27.6. The summed E-state index contributed by atoms with van der Waals surface area (Å²) in [7, 11) is 1.72. The lowest BCUT2D eigenvalue weighted by molar-refractivity contribution is -0.130. The van der Waals surface area contributed by atoms with E-state index in [4.69, 9.17) is 4.74 Å². The summed E-state index contributed by atoms with van der Waals surface area (Å²) in [6, 6.07) is 6.17. The third kappa shape index (κ3) is 2.38. The molecule has 2 aliphatic heterocycles. The minimum absolute atomic E-state index is 0.0792. The van der Waals surface area contributed by atoms with Crippen molar-refractivity contribution >= 4 is 11.9 Å². The number of ether oxygens (including phenoxy) is 1. The van der Waals surface area contributed by atoms with Crippen LogP contribution in [0, 0.1) is 11.3 Å². The van der Waals surface area contributed by atoms with E-state index in [2.05, 4.69) is 33.7 Å². The SMILES string of the molecule is COc1ccc2c(c1)[C@]13CCN(CC4CC4)CC1(CC[C@@]1(C3)NC(=O)NC1=O)C2. The number of nitrogens with one attached hydrogen (secondary N) is 2. The maximum Gasteiger partial charge on any atom is 0.322 e. The fourth-order valence-electron chi connectivity index (χ4n) is 7.05. The second-order valence-electron chi connectivity index (χ2n) is 10.2. The Kier molecular flexibility index (Phi) is 3.52. The largest absolute Gasteiger partial charge is 0.497 e. The van der Waals surface area contributed by atoms with Gasteiger partial charge in [-0.2, -0.15) is 0 Å². The molecule has 3 aliphatic carbocycles. The molecule has 0 radical (unpaired) electrons. The fourth-order valence-corrected chi connectivity index (χ4v) is 7.05. The molecule has 6 heteroatoms. The molecule has 1 spiro atoms. The van der Waals surface area contributed by atoms with E-state index >= 15 is 0 Å². The Morgan fingerprint density at radius 1 is 1.21 bits per heavy atom. The highest BCUT2D eigenvalue weighted by molar-refractivity contribution is 6.07. The third-order valence-electron chi connectivity index (χ3n) is 8.62. The van der Waals surface area contributed by atoms with Gasteiger partial charge in [-0.3, -0.25) is 10.1 Å². The molecule has 2 saturated carbocycles. The minimum Gasteiger partial charge on any atom is -0.497 e. The van der Waals surface area contributed by atoms with E-state index in [9.17, 15) is 9.59 Å². The molecule has 2 heterocycles. The molecule has 6 nitrogen and oxygen atoms in total. The molecule has 1 aromatic carbocycles. The number of hydrogen-bond donors (Lipinski definition) is 2. The molecule has 3 atom stereocenters. The highest BCUT2D eigenvalue weighted by Crippen LogP contribution is 2.65. The molecule has 4 fully saturated rings. The molecule has 154 valence electrons. The van der Waals surface area contributed by atoms with Gasteiger partial charge in [0.2, 0.25) is 0 Å². The van der Waals surface area contributed by atoms with Crippen LogP contribution in [0.5, 0.6) is 5.75 Å². The zero-order chi connectivity index (χ0) is 19.9. The van der Waals surface area contributed by atoms with E-state index in [0.29, 0.717) is 6.42 Å². The van der Waals surface area contributed by atoms with Crippen LogP contribution in [0.4, 0.5) is 4.79 Å². The number of benzene rings is 1. The van der Waals surface area contributed by atoms with Gasteiger partial charge >= 0.3 is 6.03 Å². The smallest absolute Gasteiger partial charge is 0.322 e. The Balaban J connectivity index is 1.44. The Hall–Kier alpha value is -2.08. The molecule has 3 amide bonds. The summed E-state index contributed by atoms with van der Waals surface area (Å²) in [5, 5.41) is 5.54. The van der Waals surface area contributed by atoms with Crippen molar-refractivity contribution in [1.29, 1.82) is 0 Å². The number of fused-ring (bicyclic) bond motifs is 1. The number of amides is 3. The topological polar surface area (TPSA) is 70.7 Å². The number of imide groups is 1. The number of rotatable bonds is 3. The van der Waals surface area contributed by atoms with Crippen LogP contribution in [0.25, 0.3) is 0 Å². The Morgan fingerprint density at radius 3 is 2.79 bits per heavy atom. The molecule has 0 bridgehead atoms. The zero-order valence-electron chi connectivity index (χ0n) is 17.1. The Morgan fingerprint density at radius 2 is 2.07 bits per heavy atom. The monoisotopic (exact) mass is 395 g/mol. The van der Waals surface area contributed by atoms with Gasteiger partial charge in [0, 0.05) is 18.5 Å². The number of hydrogen-bond acceptors (Lipinski definition) is 4. The van der Waals surface area contributed by atoms with E-state index in [1.165, 1.54) is 30.5 Å². The third-order valence-corrected chi connectivity index (χ3v) is 8.62. The number of methoxy groups -OCH3 is 1. The summed E-state index contributed by atoms with van der Waals surface area (Å²) < 4.78 is 5.57. The average molecular weight is 396 g/mol. The first kappa shape index (κ1) is 17.8. The average Bonchev–Trinajstić information content (AvgIpc) is 3.41. The second-order valence-corrected chi connectivity index (χ2v) is 10.2. The van der Waals surface area contributed by atoms with Gasteiger partial charge < -0.3 is 15.0 Å². The quantitative estimate of drug-likeness (QED) is 0.771. The summed E-state index contributed by atoms with van der Waals surface area (Å²) in [5.41, 5.74) is 2.07. The molecule has 1 aromatic rings. The number of piperidine rings is 1. The van der Waals surface area contributed by atoms with Gasteiger partial charge in [0.15, 0.2) is 0 Å². The van der Waals surface area contributed by atoms with Gasteiger partial charge in [0.25, 0.3) is 5.91 Å². The maximum absolute atomic E-state index is 12.8. The van der Waals surface area contributed by atoms with Crippen molar-refractivity contribution in [1.82, 2.24) is 15.5 Å². The number of carbonyl (C=O) groups is 2. The van der Waals surface area contributed by atoms with E-state index in [0.717, 1.165) is 50.4 Å². The van der Waals surface area contributed by atoms with Crippen LogP contribution in [0.3, 0.4) is 0 Å². The predicted octanol–water partition coefficient (Wildman–Crippen LogP) is 2.35. The molecular formula is C23H29N3O3. The van der Waals surface area contributed by atoms with Crippen molar-refractivity contribution in [2.75, 3.05) is 26.7 Å². The molecule has 5 aliphatic rings. The first-order chi connectivity index (χ1) is 14.0. The molecule has 0 aromatic heterocycles. The van der Waals surface area contributed by atoms with Gasteiger partial charge in [0.05, 0.1) is 7.11 Å². The standard InChI is InChI=1S/C23H29N3O3/c1-29-17-5-4-16-11-21-6-7-23(19(27)24-20(28)25-23)13-22(21,18(16)10-17)8-9-26(14-21)12-15-2-3-15/h4-5,10,15H,2-3,6-9,11-14H2,1H3,(H2,24,25,27,28)/t21?,22-,23+/m1/s1. The lowest BCUT2D eigenvalue weighted by Gasteiger charge is -2.59. The van der Waals surface area contributed by atoms with Crippen molar-refractivity contribution in [3.8, 4) is 5.75 Å². The maximum atomic E-state index is 12.8. The van der Waals surface area contributed by atoms with Crippen molar-refractivity contribution < 1.29 is 14.3 Å². The van der Waals surface area contributed by atoms with Crippen LogP contribution in [0.1, 0.15) is 49.7 Å². The van der Waals surface area contributed by atoms with Gasteiger partial charge in [-0.05, 0) is 86.1 Å². The van der Waals surface area contributed by atoms with E-state index < -0.39 is 5.54 Å². The van der Waals surface area contributed by atoms with Crippen LogP contribution in [0.2, 0.25) is 0 Å². The normalized spacial score (nSPS) is 38.2. The lowest BCUT2D eigenvalue weighted by Crippen LogP contribution is -2.65. The first-order valence-corrected chi connectivity index (χ1v) is 11.0. The van der Waals surface area contributed by atoms with Gasteiger partial charge in [0.1, 0.15) is 11.3 Å². The summed E-state index contributed by atoms with van der Waals surface area (Å²) >= 11 is 0. The van der Waals surface area contributed by atoms with Gasteiger partial charge in [-0.1, -0.05) is 6.07 Å². The van der Waals surface area contributed by atoms with Crippen LogP contribution < -0.4 is 15.4 Å². The summed E-state index contributed by atoms with van der Waals surface area (Å²) in [6.45, 7) is 3.40. The fraction of sp³-hybridized carbons (Fsp3) is 0.652. The lowest BCUT2D eigenvalue weighted by atomic mass is 9.49. The number of likely N-dealkylation sites (tertiary alicyclic amines) is 1. The van der Waals surface area contributed by atoms with Crippen molar-refractivity contribution in [2.24, 2.45) is 11.3 Å². The van der Waals surface area contributed by atoms with Crippen molar-refractivity contribution in [2.45, 2.75) is 55.9 Å². The van der Waals surface area contributed by atoms with E-state index in [-0.39, 0.29) is 22.8 Å². The number of nitrogens with zero attached hydrogens (tertiary/aromatic N) is 1. The highest BCUT2D eigenvalue weighted by Gasteiger charge is 2.67. The minimum atomic E-state index is -0.760. The Labute approximate surface area is 171 Å². The first-order valence-electron chi connectivity index (χ1n) is 11.0. The highest BCUT2D eigenvalue weighted by atomic mass is 16.5. The molecule has 2 N–H and O–H groups in total. The zero-order valence-corrected chi connectivity index (χ0v) is 17.1. The van der Waals surface area contributed by atoms with E-state index in [1.807, 2.05) is 0 Å². The van der Waals surface area contributed by atoms with Crippen LogP contribution in [0.15, 0.2) is 18.2 Å². The molecule has 1 unspecified atom stereocenters. The van der Waals surface area contributed by atoms with E-state index in [1.54, 1.807) is 7.11 Å². The number of urea groups is 1. The van der Waals surface area contributed by atoms with Gasteiger partial charge in [-0.15, -0.1) is 0 Å². The second kappa shape index (κ2) is 5.75.